The van der Waals surface area contributed by atoms with Gasteiger partial charge >= 0.3 is 0 Å². The van der Waals surface area contributed by atoms with Gasteiger partial charge in [0.2, 0.25) is 23.2 Å². The molecular weight excluding hydrogens is 384 g/mol. The van der Waals surface area contributed by atoms with E-state index in [0.717, 1.165) is 17.5 Å². The van der Waals surface area contributed by atoms with Gasteiger partial charge < -0.3 is 14.8 Å². The molecule has 3 rings (SSSR count). The van der Waals surface area contributed by atoms with Crippen LogP contribution in [0.4, 0.5) is 5.13 Å². The third-order valence-electron chi connectivity index (χ3n) is 2.95. The van der Waals surface area contributed by atoms with E-state index in [1.165, 1.54) is 19.2 Å². The van der Waals surface area contributed by atoms with Crippen LogP contribution in [0.25, 0.3) is 11.4 Å². The van der Waals surface area contributed by atoms with Crippen LogP contribution < -0.4 is 15.6 Å². The largest absolute Gasteiger partial charge is 0.338 e. The topological polar surface area (TPSA) is 160 Å². The number of aromatic amines is 1. The fourth-order valence-electron chi connectivity index (χ4n) is 1.85. The van der Waals surface area contributed by atoms with Crippen LogP contribution in [0.5, 0.6) is 0 Å². The highest BCUT2D eigenvalue weighted by Gasteiger charge is 2.20. The van der Waals surface area contributed by atoms with Crippen molar-refractivity contribution in [3.8, 4) is 11.4 Å². The van der Waals surface area contributed by atoms with Gasteiger partial charge in [-0.1, -0.05) is 16.5 Å². The van der Waals surface area contributed by atoms with E-state index in [9.17, 15) is 18.0 Å². The van der Waals surface area contributed by atoms with Gasteiger partial charge in [0.25, 0.3) is 10.0 Å². The number of anilines is 1. The van der Waals surface area contributed by atoms with Crippen molar-refractivity contribution in [2.45, 2.75) is 17.7 Å². The highest BCUT2D eigenvalue weighted by molar-refractivity contribution is 7.91. The Morgan fingerprint density at radius 3 is 2.96 bits per heavy atom. The molecule has 0 saturated carbocycles. The lowest BCUT2D eigenvalue weighted by Gasteiger charge is -2.00. The minimum Gasteiger partial charge on any atom is -0.338 e. The predicted molar refractivity (Wildman–Crippen MR) is 90.8 cm³/mol. The third-order valence-corrected chi connectivity index (χ3v) is 5.72. The van der Waals surface area contributed by atoms with Gasteiger partial charge in [0, 0.05) is 24.8 Å². The number of thiazole rings is 1. The lowest BCUT2D eigenvalue weighted by Crippen LogP contribution is -2.22. The molecule has 0 unspecified atom stereocenters. The summed E-state index contributed by atoms with van der Waals surface area (Å²) in [5.41, 5.74) is 0.115. The van der Waals surface area contributed by atoms with Crippen molar-refractivity contribution in [3.05, 3.63) is 40.8 Å². The Bertz CT molecular complexity index is 1100. The first-order valence-electron chi connectivity index (χ1n) is 7.08. The van der Waals surface area contributed by atoms with Gasteiger partial charge in [-0.25, -0.2) is 18.1 Å². The molecule has 3 heterocycles. The summed E-state index contributed by atoms with van der Waals surface area (Å²) in [5, 5.41) is 6.28. The molecule has 0 saturated heterocycles. The summed E-state index contributed by atoms with van der Waals surface area (Å²) in [5.74, 6) is -0.166. The van der Waals surface area contributed by atoms with Crippen molar-refractivity contribution in [3.63, 3.8) is 0 Å². The number of pyridine rings is 1. The van der Waals surface area contributed by atoms with Crippen LogP contribution in [0.2, 0.25) is 0 Å². The summed E-state index contributed by atoms with van der Waals surface area (Å²) >= 11 is 0.809. The van der Waals surface area contributed by atoms with Crippen molar-refractivity contribution >= 4 is 32.4 Å². The molecule has 1 amide bonds. The van der Waals surface area contributed by atoms with Crippen LogP contribution >= 0.6 is 11.3 Å². The van der Waals surface area contributed by atoms with Gasteiger partial charge in [-0.15, -0.1) is 0 Å². The average Bonchev–Trinajstić information content (AvgIpc) is 3.22. The highest BCUT2D eigenvalue weighted by Crippen LogP contribution is 2.22. The van der Waals surface area contributed by atoms with Crippen LogP contribution in [-0.4, -0.2) is 34.4 Å². The Labute approximate surface area is 150 Å². The number of aromatic nitrogens is 4. The summed E-state index contributed by atoms with van der Waals surface area (Å²) in [7, 11) is -3.86. The van der Waals surface area contributed by atoms with E-state index in [0.29, 0.717) is 5.56 Å². The number of nitrogens with one attached hydrogen (secondary N) is 3. The first-order chi connectivity index (χ1) is 12.3. The number of carbonyl (C=O) groups is 1. The van der Waals surface area contributed by atoms with E-state index in [2.05, 4.69) is 30.1 Å². The van der Waals surface area contributed by atoms with Gasteiger partial charge in [0.15, 0.2) is 9.34 Å². The smallest absolute Gasteiger partial charge is 0.252 e. The normalized spacial score (nSPS) is 11.4. The van der Waals surface area contributed by atoms with Crippen molar-refractivity contribution in [2.75, 3.05) is 5.32 Å². The monoisotopic (exact) mass is 396 g/mol. The minimum atomic E-state index is -3.86. The summed E-state index contributed by atoms with van der Waals surface area (Å²) in [4.78, 5) is 32.6. The lowest BCUT2D eigenvalue weighted by molar-refractivity contribution is -0.114. The molecule has 0 aliphatic heterocycles. The first-order valence-corrected chi connectivity index (χ1v) is 9.38. The Morgan fingerprint density at radius 2 is 2.23 bits per heavy atom. The molecule has 0 spiro atoms. The zero-order valence-electron chi connectivity index (χ0n) is 13.2. The molecule has 0 aromatic carbocycles. The van der Waals surface area contributed by atoms with Gasteiger partial charge in [-0.3, -0.25) is 9.59 Å². The zero-order chi connectivity index (χ0) is 18.7. The second-order valence-electron chi connectivity index (χ2n) is 4.94. The number of sulfonamides is 1. The average molecular weight is 396 g/mol. The number of hydrogen-bond donors (Lipinski definition) is 3. The molecular formula is C13H12N6O5S2. The van der Waals surface area contributed by atoms with Crippen LogP contribution in [0.1, 0.15) is 12.8 Å². The van der Waals surface area contributed by atoms with Crippen molar-refractivity contribution in [1.29, 1.82) is 0 Å². The van der Waals surface area contributed by atoms with E-state index in [4.69, 9.17) is 4.52 Å². The quantitative estimate of drug-likeness (QED) is 0.537. The maximum atomic E-state index is 12.2. The second kappa shape index (κ2) is 7.15. The van der Waals surface area contributed by atoms with E-state index in [1.54, 1.807) is 6.07 Å². The number of nitrogens with zero attached hydrogens (tertiary/aromatic N) is 3. The molecule has 0 aliphatic carbocycles. The Balaban J connectivity index is 1.69. The zero-order valence-corrected chi connectivity index (χ0v) is 14.8. The number of rotatable bonds is 6. The maximum absolute atomic E-state index is 12.2. The maximum Gasteiger partial charge on any atom is 0.252 e. The van der Waals surface area contributed by atoms with Gasteiger partial charge in [-0.2, -0.15) is 4.98 Å². The van der Waals surface area contributed by atoms with Crippen LogP contribution in [0.15, 0.2) is 38.1 Å². The molecule has 3 aromatic heterocycles. The summed E-state index contributed by atoms with van der Waals surface area (Å²) in [6, 6.07) is 2.88. The molecule has 0 aliphatic rings. The van der Waals surface area contributed by atoms with Gasteiger partial charge in [-0.05, 0) is 6.07 Å². The second-order valence-corrected chi connectivity index (χ2v) is 7.97. The Morgan fingerprint density at radius 1 is 1.42 bits per heavy atom. The van der Waals surface area contributed by atoms with E-state index >= 15 is 0 Å². The van der Waals surface area contributed by atoms with E-state index in [-0.39, 0.29) is 39.1 Å². The SMILES string of the molecule is CC(=O)Nc1ncc(S(=O)(=O)NCc2nc(-c3cc[nH]c(=O)c3)no2)s1. The Hall–Kier alpha value is -2.90. The predicted octanol–water partition coefficient (Wildman–Crippen LogP) is 0.318. The standard InChI is InChI=1S/C13H12N6O5S2/c1-7(20)17-13-15-6-11(25-13)26(22,23)16-5-10-18-12(19-24-10)8-2-3-14-9(21)4-8/h2-4,6,16H,5H2,1H3,(H,14,21)(H,15,17,20). The molecule has 26 heavy (non-hydrogen) atoms. The van der Waals surface area contributed by atoms with Gasteiger partial charge in [0.05, 0.1) is 12.7 Å². The summed E-state index contributed by atoms with van der Waals surface area (Å²) in [6.07, 6.45) is 2.57. The molecule has 13 heteroatoms. The molecule has 0 bridgehead atoms. The lowest BCUT2D eigenvalue weighted by atomic mass is 10.2. The van der Waals surface area contributed by atoms with Crippen molar-refractivity contribution in [2.24, 2.45) is 0 Å². The van der Waals surface area contributed by atoms with Crippen LogP contribution in [0.3, 0.4) is 0 Å². The fourth-order valence-corrected chi connectivity index (χ4v) is 3.94. The number of hydrogen-bond acceptors (Lipinski definition) is 9. The number of carbonyl (C=O) groups excluding carboxylic acids is 1. The molecule has 0 atom stereocenters. The van der Waals surface area contributed by atoms with E-state index < -0.39 is 10.0 Å². The van der Waals surface area contributed by atoms with Crippen LogP contribution in [-0.2, 0) is 21.4 Å². The first kappa shape index (κ1) is 17.9. The molecule has 3 aromatic rings. The summed E-state index contributed by atoms with van der Waals surface area (Å²) in [6.45, 7) is 1.05. The molecule has 136 valence electrons. The number of amides is 1. The molecule has 11 nitrogen and oxygen atoms in total. The molecule has 3 N–H and O–H groups in total. The summed E-state index contributed by atoms with van der Waals surface area (Å²) < 4.78 is 31.7. The van der Waals surface area contributed by atoms with Gasteiger partial charge in [0.1, 0.15) is 0 Å². The van der Waals surface area contributed by atoms with Crippen molar-refractivity contribution in [1.82, 2.24) is 24.8 Å². The molecule has 0 fully saturated rings. The fraction of sp³-hybridized carbons (Fsp3) is 0.154. The number of H-pyrrole nitrogens is 1. The highest BCUT2D eigenvalue weighted by atomic mass is 32.2. The van der Waals surface area contributed by atoms with E-state index in [1.807, 2.05) is 0 Å². The van der Waals surface area contributed by atoms with Crippen LogP contribution in [0, 0.1) is 0 Å². The minimum absolute atomic E-state index is 0.0236. The Kier molecular flexibility index (Phi) is 4.92. The third kappa shape index (κ3) is 4.19. The van der Waals surface area contributed by atoms with Crippen molar-refractivity contribution < 1.29 is 17.7 Å². The molecule has 0 radical (unpaired) electrons.